The first kappa shape index (κ1) is 13.5. The average Bonchev–Trinajstić information content (AvgIpc) is 2.66. The standard InChI is InChI=1S/C10H9F3N4OS/c11-10(12,13)2-4-15-8(18)7-6(14)5-1-3-16-17-9(5)19-7/h1,3H,2,4,14H2,(H,15,18). The number of halogens is 3. The minimum absolute atomic E-state index is 0.151. The smallest absolute Gasteiger partial charge is 0.390 e. The Hall–Kier alpha value is -1.90. The molecule has 19 heavy (non-hydrogen) atoms. The van der Waals surface area contributed by atoms with Gasteiger partial charge in [0.2, 0.25) is 0 Å². The quantitative estimate of drug-likeness (QED) is 0.905. The number of nitrogen functional groups attached to an aromatic ring is 1. The molecule has 0 saturated carbocycles. The number of alkyl halides is 3. The van der Waals surface area contributed by atoms with Crippen molar-refractivity contribution in [1.29, 1.82) is 0 Å². The minimum atomic E-state index is -4.30. The van der Waals surface area contributed by atoms with Crippen LogP contribution in [-0.2, 0) is 0 Å². The average molecular weight is 290 g/mol. The molecule has 0 unspecified atom stereocenters. The molecule has 0 bridgehead atoms. The molecule has 0 spiro atoms. The van der Waals surface area contributed by atoms with Crippen LogP contribution in [0.15, 0.2) is 12.3 Å². The van der Waals surface area contributed by atoms with Crippen LogP contribution in [0, 0.1) is 0 Å². The van der Waals surface area contributed by atoms with Gasteiger partial charge in [-0.15, -0.1) is 16.4 Å². The monoisotopic (exact) mass is 290 g/mol. The van der Waals surface area contributed by atoms with E-state index in [4.69, 9.17) is 5.73 Å². The summed E-state index contributed by atoms with van der Waals surface area (Å²) in [7, 11) is 0. The molecule has 0 fully saturated rings. The maximum atomic E-state index is 12.0. The van der Waals surface area contributed by atoms with Gasteiger partial charge in [0.1, 0.15) is 9.71 Å². The number of thiophene rings is 1. The highest BCUT2D eigenvalue weighted by atomic mass is 32.1. The number of fused-ring (bicyclic) bond motifs is 1. The largest absolute Gasteiger partial charge is 0.397 e. The van der Waals surface area contributed by atoms with Gasteiger partial charge in [0.05, 0.1) is 18.3 Å². The van der Waals surface area contributed by atoms with Crippen molar-refractivity contribution in [2.45, 2.75) is 12.6 Å². The second-order valence-electron chi connectivity index (χ2n) is 3.72. The van der Waals surface area contributed by atoms with Crippen LogP contribution in [0.1, 0.15) is 16.1 Å². The van der Waals surface area contributed by atoms with Crippen LogP contribution in [0.2, 0.25) is 0 Å². The third kappa shape index (κ3) is 3.11. The molecule has 0 aliphatic carbocycles. The highest BCUT2D eigenvalue weighted by Crippen LogP contribution is 2.31. The number of aromatic nitrogens is 2. The first-order valence-corrected chi connectivity index (χ1v) is 6.05. The van der Waals surface area contributed by atoms with Crippen molar-refractivity contribution in [2.75, 3.05) is 12.3 Å². The van der Waals surface area contributed by atoms with E-state index in [1.165, 1.54) is 6.20 Å². The lowest BCUT2D eigenvalue weighted by atomic mass is 10.3. The molecular formula is C10H9F3N4OS. The zero-order chi connectivity index (χ0) is 14.0. The lowest BCUT2D eigenvalue weighted by Crippen LogP contribution is -2.27. The van der Waals surface area contributed by atoms with E-state index in [1.807, 2.05) is 0 Å². The van der Waals surface area contributed by atoms with Crippen LogP contribution < -0.4 is 11.1 Å². The van der Waals surface area contributed by atoms with Gasteiger partial charge in [-0.1, -0.05) is 0 Å². The lowest BCUT2D eigenvalue weighted by molar-refractivity contribution is -0.132. The number of hydrogen-bond donors (Lipinski definition) is 2. The number of anilines is 1. The van der Waals surface area contributed by atoms with Gasteiger partial charge < -0.3 is 11.1 Å². The number of hydrogen-bond acceptors (Lipinski definition) is 5. The summed E-state index contributed by atoms with van der Waals surface area (Å²) in [5.41, 5.74) is 5.96. The molecule has 1 amide bonds. The Morgan fingerprint density at radius 1 is 1.47 bits per heavy atom. The highest BCUT2D eigenvalue weighted by Gasteiger charge is 2.27. The Bertz CT molecular complexity index is 610. The fourth-order valence-corrected chi connectivity index (χ4v) is 2.39. The van der Waals surface area contributed by atoms with Crippen LogP contribution >= 0.6 is 11.3 Å². The van der Waals surface area contributed by atoms with E-state index in [1.54, 1.807) is 6.07 Å². The fraction of sp³-hybridized carbons (Fsp3) is 0.300. The van der Waals surface area contributed by atoms with Crippen molar-refractivity contribution >= 4 is 33.1 Å². The third-order valence-electron chi connectivity index (χ3n) is 2.32. The molecule has 9 heteroatoms. The van der Waals surface area contributed by atoms with Crippen molar-refractivity contribution < 1.29 is 18.0 Å². The second kappa shape index (κ2) is 5.00. The first-order chi connectivity index (χ1) is 8.88. The summed E-state index contributed by atoms with van der Waals surface area (Å²) in [5, 5.41) is 10.2. The minimum Gasteiger partial charge on any atom is -0.397 e. The molecule has 0 saturated heterocycles. The Kier molecular flexibility index (Phi) is 3.56. The van der Waals surface area contributed by atoms with Crippen molar-refractivity contribution in [2.24, 2.45) is 0 Å². The number of carbonyl (C=O) groups is 1. The van der Waals surface area contributed by atoms with Crippen LogP contribution in [0.25, 0.3) is 10.2 Å². The summed E-state index contributed by atoms with van der Waals surface area (Å²) in [6.07, 6.45) is -3.95. The van der Waals surface area contributed by atoms with Gasteiger partial charge in [-0.2, -0.15) is 18.3 Å². The van der Waals surface area contributed by atoms with Crippen molar-refractivity contribution in [1.82, 2.24) is 15.5 Å². The summed E-state index contributed by atoms with van der Waals surface area (Å²) in [4.78, 5) is 12.3. The lowest BCUT2D eigenvalue weighted by Gasteiger charge is -2.07. The Morgan fingerprint density at radius 3 is 2.84 bits per heavy atom. The maximum absolute atomic E-state index is 12.0. The molecule has 3 N–H and O–H groups in total. The van der Waals surface area contributed by atoms with Gasteiger partial charge in [0, 0.05) is 11.9 Å². The van der Waals surface area contributed by atoms with Crippen LogP contribution in [0.4, 0.5) is 18.9 Å². The van der Waals surface area contributed by atoms with Gasteiger partial charge in [0.15, 0.2) is 0 Å². The molecule has 2 aromatic rings. The molecule has 0 atom stereocenters. The van der Waals surface area contributed by atoms with E-state index < -0.39 is 25.0 Å². The van der Waals surface area contributed by atoms with Crippen molar-refractivity contribution in [3.63, 3.8) is 0 Å². The molecule has 2 heterocycles. The summed E-state index contributed by atoms with van der Waals surface area (Å²) < 4.78 is 35.9. The summed E-state index contributed by atoms with van der Waals surface area (Å²) >= 11 is 0.998. The molecule has 2 rings (SSSR count). The molecule has 102 valence electrons. The Morgan fingerprint density at radius 2 is 2.21 bits per heavy atom. The van der Waals surface area contributed by atoms with E-state index in [0.717, 1.165) is 11.3 Å². The molecule has 0 aromatic carbocycles. The number of nitrogens with one attached hydrogen (secondary N) is 1. The van der Waals surface area contributed by atoms with Gasteiger partial charge in [0.25, 0.3) is 5.91 Å². The second-order valence-corrected chi connectivity index (χ2v) is 4.72. The van der Waals surface area contributed by atoms with E-state index in [0.29, 0.717) is 10.2 Å². The summed E-state index contributed by atoms with van der Waals surface area (Å²) in [5.74, 6) is -0.634. The molecular weight excluding hydrogens is 281 g/mol. The number of nitrogens with zero attached hydrogens (tertiary/aromatic N) is 2. The maximum Gasteiger partial charge on any atom is 0.390 e. The van der Waals surface area contributed by atoms with Gasteiger partial charge in [-0.25, -0.2) is 0 Å². The van der Waals surface area contributed by atoms with Gasteiger partial charge in [-0.3, -0.25) is 4.79 Å². The molecule has 0 aliphatic heterocycles. The highest BCUT2D eigenvalue weighted by molar-refractivity contribution is 7.21. The first-order valence-electron chi connectivity index (χ1n) is 5.23. The van der Waals surface area contributed by atoms with E-state index in [-0.39, 0.29) is 10.6 Å². The van der Waals surface area contributed by atoms with Crippen LogP contribution in [-0.4, -0.2) is 28.8 Å². The predicted octanol–water partition coefficient (Wildman–Crippen LogP) is 1.96. The van der Waals surface area contributed by atoms with Crippen molar-refractivity contribution in [3.8, 4) is 0 Å². The zero-order valence-corrected chi connectivity index (χ0v) is 10.3. The van der Waals surface area contributed by atoms with Crippen LogP contribution in [0.3, 0.4) is 0 Å². The fourth-order valence-electron chi connectivity index (χ4n) is 1.44. The SMILES string of the molecule is Nc1c(C(=O)NCCC(F)(F)F)sc2nnccc12. The van der Waals surface area contributed by atoms with Crippen LogP contribution in [0.5, 0.6) is 0 Å². The van der Waals surface area contributed by atoms with Gasteiger partial charge >= 0.3 is 6.18 Å². The topological polar surface area (TPSA) is 80.9 Å². The normalized spacial score (nSPS) is 11.7. The molecule has 0 radical (unpaired) electrons. The third-order valence-corrected chi connectivity index (χ3v) is 3.42. The molecule has 2 aromatic heterocycles. The summed E-state index contributed by atoms with van der Waals surface area (Å²) in [6.45, 7) is -0.484. The van der Waals surface area contributed by atoms with Gasteiger partial charge in [-0.05, 0) is 6.07 Å². The Balaban J connectivity index is 2.11. The van der Waals surface area contributed by atoms with E-state index >= 15 is 0 Å². The summed E-state index contributed by atoms with van der Waals surface area (Å²) in [6, 6.07) is 1.60. The number of amides is 1. The number of rotatable bonds is 3. The Labute approximate surface area is 109 Å². The predicted molar refractivity (Wildman–Crippen MR) is 64.8 cm³/mol. The molecule has 5 nitrogen and oxygen atoms in total. The van der Waals surface area contributed by atoms with E-state index in [9.17, 15) is 18.0 Å². The van der Waals surface area contributed by atoms with Crippen molar-refractivity contribution in [3.05, 3.63) is 17.1 Å². The number of carbonyl (C=O) groups excluding carboxylic acids is 1. The van der Waals surface area contributed by atoms with E-state index in [2.05, 4.69) is 15.5 Å². The zero-order valence-electron chi connectivity index (χ0n) is 9.49. The number of nitrogens with two attached hydrogens (primary N) is 1. The molecule has 0 aliphatic rings.